The van der Waals surface area contributed by atoms with E-state index in [2.05, 4.69) is 0 Å². The normalized spacial score (nSPS) is 13.9. The summed E-state index contributed by atoms with van der Waals surface area (Å²) in [5.41, 5.74) is 4.73. The predicted molar refractivity (Wildman–Crippen MR) is 77.3 cm³/mol. The lowest BCUT2D eigenvalue weighted by Crippen LogP contribution is -2.00. The third kappa shape index (κ3) is 1.97. The highest BCUT2D eigenvalue weighted by Crippen LogP contribution is 2.45. The van der Waals surface area contributed by atoms with E-state index in [0.717, 1.165) is 27.8 Å². The quantitative estimate of drug-likeness (QED) is 0.571. The number of benzene rings is 2. The Kier molecular flexibility index (Phi) is 3.03. The molecule has 20 heavy (non-hydrogen) atoms. The van der Waals surface area contributed by atoms with Gasteiger partial charge in [0.05, 0.1) is 6.61 Å². The van der Waals surface area contributed by atoms with E-state index in [0.29, 0.717) is 6.61 Å². The van der Waals surface area contributed by atoms with Crippen molar-refractivity contribution in [3.8, 4) is 16.9 Å². The second kappa shape index (κ2) is 4.85. The predicted octanol–water partition coefficient (Wildman–Crippen LogP) is 3.37. The summed E-state index contributed by atoms with van der Waals surface area (Å²) in [6, 6.07) is 13.1. The first-order valence-electron chi connectivity index (χ1n) is 6.52. The highest BCUT2D eigenvalue weighted by Gasteiger charge is 2.24. The molecule has 0 aromatic heterocycles. The van der Waals surface area contributed by atoms with Crippen molar-refractivity contribution in [3.05, 3.63) is 59.7 Å². The maximum absolute atomic E-state index is 11.7. The van der Waals surface area contributed by atoms with E-state index in [4.69, 9.17) is 4.74 Å². The van der Waals surface area contributed by atoms with Crippen molar-refractivity contribution >= 4 is 11.5 Å². The van der Waals surface area contributed by atoms with Crippen LogP contribution in [-0.2, 0) is 9.53 Å². The molecule has 1 aliphatic carbocycles. The van der Waals surface area contributed by atoms with Crippen molar-refractivity contribution in [2.45, 2.75) is 6.92 Å². The molecule has 1 N–H and O–H groups in total. The average molecular weight is 266 g/mol. The Bertz CT molecular complexity index is 714. The molecular formula is C17H14O3. The van der Waals surface area contributed by atoms with Gasteiger partial charge in [0, 0.05) is 6.08 Å². The van der Waals surface area contributed by atoms with Gasteiger partial charge in [-0.15, -0.1) is 0 Å². The number of hydrogen-bond acceptors (Lipinski definition) is 3. The standard InChI is InChI=1S/C17H14O3/c1-2-20-17(19)10-16-13-6-4-3-5-12(13)14-8-7-11(18)9-15(14)16/h3-10,18H,2H2,1H3. The van der Waals surface area contributed by atoms with Crippen molar-refractivity contribution < 1.29 is 14.6 Å². The molecule has 3 heteroatoms. The molecule has 3 rings (SSSR count). The number of aromatic hydroxyl groups is 1. The molecule has 0 atom stereocenters. The second-order valence-corrected chi connectivity index (χ2v) is 4.59. The molecule has 0 amide bonds. The lowest BCUT2D eigenvalue weighted by Gasteiger charge is -2.03. The van der Waals surface area contributed by atoms with Gasteiger partial charge in [-0.25, -0.2) is 4.79 Å². The van der Waals surface area contributed by atoms with Crippen molar-refractivity contribution in [1.82, 2.24) is 0 Å². The van der Waals surface area contributed by atoms with Crippen LogP contribution in [0, 0.1) is 0 Å². The molecule has 0 unspecified atom stereocenters. The van der Waals surface area contributed by atoms with Gasteiger partial charge in [0.25, 0.3) is 0 Å². The maximum atomic E-state index is 11.7. The maximum Gasteiger partial charge on any atom is 0.331 e. The largest absolute Gasteiger partial charge is 0.508 e. The summed E-state index contributed by atoms with van der Waals surface area (Å²) in [5.74, 6) is -0.181. The molecular weight excluding hydrogens is 252 g/mol. The fourth-order valence-corrected chi connectivity index (χ4v) is 2.55. The Morgan fingerprint density at radius 3 is 2.55 bits per heavy atom. The third-order valence-corrected chi connectivity index (χ3v) is 3.35. The number of hydrogen-bond donors (Lipinski definition) is 1. The van der Waals surface area contributed by atoms with Crippen molar-refractivity contribution in [3.63, 3.8) is 0 Å². The molecule has 2 aromatic carbocycles. The first-order valence-corrected chi connectivity index (χ1v) is 6.52. The first kappa shape index (κ1) is 12.5. The minimum absolute atomic E-state index is 0.186. The number of fused-ring (bicyclic) bond motifs is 3. The Morgan fingerprint density at radius 1 is 1.10 bits per heavy atom. The van der Waals surface area contributed by atoms with E-state index in [1.165, 1.54) is 6.08 Å². The van der Waals surface area contributed by atoms with Crippen LogP contribution in [0.25, 0.3) is 16.7 Å². The van der Waals surface area contributed by atoms with Crippen LogP contribution >= 0.6 is 0 Å². The van der Waals surface area contributed by atoms with Gasteiger partial charge in [0.2, 0.25) is 0 Å². The molecule has 2 aromatic rings. The second-order valence-electron chi connectivity index (χ2n) is 4.59. The van der Waals surface area contributed by atoms with Crippen molar-refractivity contribution in [2.75, 3.05) is 6.61 Å². The van der Waals surface area contributed by atoms with Gasteiger partial charge in [-0.3, -0.25) is 0 Å². The highest BCUT2D eigenvalue weighted by molar-refractivity contribution is 6.07. The third-order valence-electron chi connectivity index (χ3n) is 3.35. The van der Waals surface area contributed by atoms with Gasteiger partial charge < -0.3 is 9.84 Å². The number of ether oxygens (including phenoxy) is 1. The molecule has 0 fully saturated rings. The van der Waals surface area contributed by atoms with Crippen LogP contribution < -0.4 is 0 Å². The molecule has 0 saturated carbocycles. The number of esters is 1. The van der Waals surface area contributed by atoms with Crippen LogP contribution in [0.1, 0.15) is 18.1 Å². The number of carbonyl (C=O) groups is 1. The van der Waals surface area contributed by atoms with E-state index in [1.807, 2.05) is 30.3 Å². The number of rotatable bonds is 2. The van der Waals surface area contributed by atoms with Crippen LogP contribution in [0.3, 0.4) is 0 Å². The molecule has 3 nitrogen and oxygen atoms in total. The van der Waals surface area contributed by atoms with Gasteiger partial charge in [0.1, 0.15) is 5.75 Å². The van der Waals surface area contributed by atoms with E-state index in [1.54, 1.807) is 19.1 Å². The SMILES string of the molecule is CCOC(=O)C=C1c2ccccc2-c2ccc(O)cc21. The fourth-order valence-electron chi connectivity index (χ4n) is 2.55. The van der Waals surface area contributed by atoms with Crippen molar-refractivity contribution in [2.24, 2.45) is 0 Å². The number of phenolic OH excluding ortho intramolecular Hbond substituents is 1. The highest BCUT2D eigenvalue weighted by atomic mass is 16.5. The smallest absolute Gasteiger partial charge is 0.331 e. The van der Waals surface area contributed by atoms with E-state index in [-0.39, 0.29) is 11.7 Å². The van der Waals surface area contributed by atoms with E-state index >= 15 is 0 Å². The topological polar surface area (TPSA) is 46.5 Å². The summed E-state index contributed by atoms with van der Waals surface area (Å²) in [6.45, 7) is 2.12. The van der Waals surface area contributed by atoms with Gasteiger partial charge in [-0.1, -0.05) is 30.3 Å². The van der Waals surface area contributed by atoms with Gasteiger partial charge in [-0.05, 0) is 46.9 Å². The Balaban J connectivity index is 2.20. The molecule has 100 valence electrons. The summed E-state index contributed by atoms with van der Waals surface area (Å²) in [4.78, 5) is 11.7. The molecule has 0 heterocycles. The summed E-state index contributed by atoms with van der Waals surface area (Å²) in [5, 5.41) is 9.69. The monoisotopic (exact) mass is 266 g/mol. The average Bonchev–Trinajstić information content (AvgIpc) is 2.73. The number of carbonyl (C=O) groups excluding carboxylic acids is 1. The minimum atomic E-state index is -0.367. The molecule has 0 aliphatic heterocycles. The molecule has 0 radical (unpaired) electrons. The van der Waals surface area contributed by atoms with E-state index < -0.39 is 0 Å². The van der Waals surface area contributed by atoms with Gasteiger partial charge >= 0.3 is 5.97 Å². The minimum Gasteiger partial charge on any atom is -0.508 e. The van der Waals surface area contributed by atoms with Crippen molar-refractivity contribution in [1.29, 1.82) is 0 Å². The molecule has 0 spiro atoms. The van der Waals surface area contributed by atoms with E-state index in [9.17, 15) is 9.90 Å². The molecule has 1 aliphatic rings. The summed E-state index contributed by atoms with van der Waals surface area (Å²) < 4.78 is 4.99. The van der Waals surface area contributed by atoms with Crippen LogP contribution in [0.5, 0.6) is 5.75 Å². The van der Waals surface area contributed by atoms with Crippen LogP contribution in [0.2, 0.25) is 0 Å². The molecule has 0 bridgehead atoms. The molecule has 0 saturated heterocycles. The van der Waals surface area contributed by atoms with Crippen LogP contribution in [-0.4, -0.2) is 17.7 Å². The zero-order valence-corrected chi connectivity index (χ0v) is 11.1. The van der Waals surface area contributed by atoms with Gasteiger partial charge in [0.15, 0.2) is 0 Å². The zero-order chi connectivity index (χ0) is 14.1. The number of phenols is 1. The lowest BCUT2D eigenvalue weighted by molar-refractivity contribution is -0.137. The Hall–Kier alpha value is -2.55. The fraction of sp³-hybridized carbons (Fsp3) is 0.118. The van der Waals surface area contributed by atoms with Crippen LogP contribution in [0.4, 0.5) is 0 Å². The lowest BCUT2D eigenvalue weighted by atomic mass is 10.0. The summed E-state index contributed by atoms with van der Waals surface area (Å²) >= 11 is 0. The summed E-state index contributed by atoms with van der Waals surface area (Å²) in [6.07, 6.45) is 1.49. The first-order chi connectivity index (χ1) is 9.70. The summed E-state index contributed by atoms with van der Waals surface area (Å²) in [7, 11) is 0. The van der Waals surface area contributed by atoms with Gasteiger partial charge in [-0.2, -0.15) is 0 Å². The Morgan fingerprint density at radius 2 is 1.80 bits per heavy atom. The Labute approximate surface area is 117 Å². The van der Waals surface area contributed by atoms with Crippen LogP contribution in [0.15, 0.2) is 48.5 Å². The zero-order valence-electron chi connectivity index (χ0n) is 11.1.